The smallest absolute Gasteiger partial charge is 0.341 e. The molecule has 0 saturated heterocycles. The summed E-state index contributed by atoms with van der Waals surface area (Å²) in [4.78, 5) is 43.3. The Hall–Kier alpha value is -2.58. The molecule has 1 aliphatic rings. The molecule has 0 spiro atoms. The average Bonchev–Trinajstić information content (AvgIpc) is 3.47. The number of esters is 1. The van der Waals surface area contributed by atoms with E-state index in [1.807, 2.05) is 12.1 Å². The number of nitrogens with zero attached hydrogens (tertiary/aromatic N) is 2. The molecule has 0 unspecified atom stereocenters. The van der Waals surface area contributed by atoms with Gasteiger partial charge >= 0.3 is 5.97 Å². The van der Waals surface area contributed by atoms with E-state index in [1.54, 1.807) is 17.6 Å². The Morgan fingerprint density at radius 3 is 2.89 bits per heavy atom. The Morgan fingerprint density at radius 2 is 2.11 bits per heavy atom. The van der Waals surface area contributed by atoms with E-state index in [1.165, 1.54) is 22.7 Å². The number of rotatable bonds is 8. The van der Waals surface area contributed by atoms with Gasteiger partial charge in [0.05, 0.1) is 40.4 Å². The van der Waals surface area contributed by atoms with Gasteiger partial charge in [-0.25, -0.2) is 4.79 Å². The van der Waals surface area contributed by atoms with E-state index >= 15 is 0 Å². The van der Waals surface area contributed by atoms with E-state index in [2.05, 4.69) is 16.2 Å². The maximum Gasteiger partial charge on any atom is 0.341 e. The van der Waals surface area contributed by atoms with E-state index < -0.39 is 5.97 Å². The summed E-state index contributed by atoms with van der Waals surface area (Å²) < 4.78 is 7.86. The molecule has 1 aromatic carbocycles. The van der Waals surface area contributed by atoms with Gasteiger partial charge in [-0.2, -0.15) is 4.99 Å². The van der Waals surface area contributed by atoms with Crippen molar-refractivity contribution in [2.45, 2.75) is 32.7 Å². The first-order valence-corrected chi connectivity index (χ1v) is 14.1. The third-order valence-electron chi connectivity index (χ3n) is 5.23. The van der Waals surface area contributed by atoms with E-state index in [0.717, 1.165) is 51.7 Å². The van der Waals surface area contributed by atoms with Crippen LogP contribution >= 0.6 is 46.0 Å². The highest BCUT2D eigenvalue weighted by Gasteiger charge is 2.28. The fourth-order valence-electron chi connectivity index (χ4n) is 3.82. The van der Waals surface area contributed by atoms with Crippen molar-refractivity contribution in [2.24, 2.45) is 4.99 Å². The summed E-state index contributed by atoms with van der Waals surface area (Å²) in [6, 6.07) is 5.42. The molecule has 0 bridgehead atoms. The number of ether oxygens (including phenoxy) is 1. The molecule has 35 heavy (non-hydrogen) atoms. The first-order chi connectivity index (χ1) is 16.9. The molecule has 2 amide bonds. The molecule has 3 aromatic rings. The quantitative estimate of drug-likeness (QED) is 0.331. The molecule has 0 fully saturated rings. The fourth-order valence-corrected chi connectivity index (χ4v) is 7.04. The zero-order valence-electron chi connectivity index (χ0n) is 18.9. The second-order valence-corrected chi connectivity index (χ2v) is 11.2. The van der Waals surface area contributed by atoms with Gasteiger partial charge in [0.15, 0.2) is 4.80 Å². The summed E-state index contributed by atoms with van der Waals surface area (Å²) in [6.45, 7) is 2.30. The van der Waals surface area contributed by atoms with Crippen LogP contribution in [0.3, 0.4) is 0 Å². The van der Waals surface area contributed by atoms with Crippen LogP contribution < -0.4 is 10.1 Å². The molecule has 0 atom stereocenters. The monoisotopic (exact) mass is 547 g/mol. The van der Waals surface area contributed by atoms with Crippen LogP contribution in [0.4, 0.5) is 5.00 Å². The molecule has 1 aliphatic carbocycles. The molecule has 11 heteroatoms. The molecule has 182 valence electrons. The van der Waals surface area contributed by atoms with Gasteiger partial charge < -0.3 is 14.6 Å². The first kappa shape index (κ1) is 25.5. The van der Waals surface area contributed by atoms with Crippen molar-refractivity contribution in [3.63, 3.8) is 0 Å². The lowest BCUT2D eigenvalue weighted by Gasteiger charge is -2.07. The van der Waals surface area contributed by atoms with E-state index in [4.69, 9.17) is 22.8 Å². The van der Waals surface area contributed by atoms with Crippen LogP contribution in [0.25, 0.3) is 10.2 Å². The predicted molar refractivity (Wildman–Crippen MR) is 142 cm³/mol. The second kappa shape index (κ2) is 11.4. The van der Waals surface area contributed by atoms with Crippen LogP contribution in [-0.2, 0) is 33.7 Å². The number of hydrogen-bond acceptors (Lipinski definition) is 7. The maximum absolute atomic E-state index is 12.5. The number of anilines is 1. The number of carbonyl (C=O) groups is 3. The van der Waals surface area contributed by atoms with Crippen molar-refractivity contribution in [1.82, 2.24) is 4.57 Å². The van der Waals surface area contributed by atoms with Crippen LogP contribution in [0.5, 0.6) is 0 Å². The normalized spacial score (nSPS) is 13.0. The van der Waals surface area contributed by atoms with Gasteiger partial charge in [0, 0.05) is 9.90 Å². The minimum absolute atomic E-state index is 0.0319. The Kier molecular flexibility index (Phi) is 8.34. The standard InChI is InChI=1S/C24H22ClN3O4S3/c1-3-10-28-16-9-8-14(25)11-18(16)35-24(28)27-20(30)13-33-12-19(29)26-22-21(23(31)32-4-2)15-6-5-7-17(15)34-22/h1,8-9,11H,4-7,10,12-13H2,2H3,(H,26,29). The van der Waals surface area contributed by atoms with E-state index in [9.17, 15) is 14.4 Å². The molecule has 0 saturated carbocycles. The number of aromatic nitrogens is 1. The third-order valence-corrected chi connectivity index (χ3v) is 8.63. The maximum atomic E-state index is 12.5. The first-order valence-electron chi connectivity index (χ1n) is 10.9. The molecular formula is C24H22ClN3O4S3. The van der Waals surface area contributed by atoms with Gasteiger partial charge in [0.25, 0.3) is 5.91 Å². The highest BCUT2D eigenvalue weighted by molar-refractivity contribution is 8.00. The minimum atomic E-state index is -0.409. The van der Waals surface area contributed by atoms with Crippen molar-refractivity contribution in [2.75, 3.05) is 23.4 Å². The van der Waals surface area contributed by atoms with E-state index in [0.29, 0.717) is 20.4 Å². The zero-order chi connectivity index (χ0) is 24.9. The Labute approximate surface area is 219 Å². The number of aryl methyl sites for hydroxylation is 1. The van der Waals surface area contributed by atoms with Crippen molar-refractivity contribution in [3.05, 3.63) is 44.0 Å². The second-order valence-electron chi connectivity index (χ2n) is 7.62. The number of fused-ring (bicyclic) bond motifs is 2. The molecular weight excluding hydrogens is 526 g/mol. The lowest BCUT2D eigenvalue weighted by atomic mass is 10.1. The van der Waals surface area contributed by atoms with Crippen LogP contribution in [0.2, 0.25) is 5.02 Å². The Balaban J connectivity index is 1.40. The fraction of sp³-hybridized carbons (Fsp3) is 0.333. The average molecular weight is 548 g/mol. The van der Waals surface area contributed by atoms with Crippen LogP contribution in [0, 0.1) is 12.3 Å². The number of thiophene rings is 1. The number of nitrogens with one attached hydrogen (secondary N) is 1. The minimum Gasteiger partial charge on any atom is -0.462 e. The van der Waals surface area contributed by atoms with Gasteiger partial charge in [0.2, 0.25) is 5.91 Å². The number of hydrogen-bond donors (Lipinski definition) is 1. The van der Waals surface area contributed by atoms with Gasteiger partial charge in [0.1, 0.15) is 5.00 Å². The lowest BCUT2D eigenvalue weighted by Crippen LogP contribution is -2.19. The Morgan fingerprint density at radius 1 is 1.29 bits per heavy atom. The number of carbonyl (C=O) groups excluding carboxylic acids is 3. The molecule has 4 rings (SSSR count). The van der Waals surface area contributed by atoms with Crippen molar-refractivity contribution < 1.29 is 19.1 Å². The summed E-state index contributed by atoms with van der Waals surface area (Å²) in [5, 5.41) is 3.94. The van der Waals surface area contributed by atoms with E-state index in [-0.39, 0.29) is 36.5 Å². The van der Waals surface area contributed by atoms with Crippen molar-refractivity contribution in [1.29, 1.82) is 0 Å². The summed E-state index contributed by atoms with van der Waals surface area (Å²) >= 11 is 9.99. The SMILES string of the molecule is C#CCn1c(=NC(=O)CSCC(=O)Nc2sc3c(c2C(=O)OCC)CCC3)sc2cc(Cl)ccc21. The molecule has 2 heterocycles. The zero-order valence-corrected chi connectivity index (χ0v) is 22.1. The molecule has 0 aliphatic heterocycles. The summed E-state index contributed by atoms with van der Waals surface area (Å²) in [6.07, 6.45) is 8.20. The van der Waals surface area contributed by atoms with Gasteiger partial charge in [-0.1, -0.05) is 28.9 Å². The summed E-state index contributed by atoms with van der Waals surface area (Å²) in [5.41, 5.74) is 2.31. The summed E-state index contributed by atoms with van der Waals surface area (Å²) in [7, 11) is 0. The van der Waals surface area contributed by atoms with Gasteiger partial charge in [-0.15, -0.1) is 29.5 Å². The van der Waals surface area contributed by atoms with Crippen LogP contribution in [-0.4, -0.2) is 40.5 Å². The van der Waals surface area contributed by atoms with Crippen molar-refractivity contribution in [3.8, 4) is 12.3 Å². The van der Waals surface area contributed by atoms with Crippen LogP contribution in [0.1, 0.15) is 34.1 Å². The highest BCUT2D eigenvalue weighted by Crippen LogP contribution is 2.39. The van der Waals surface area contributed by atoms with Gasteiger partial charge in [-0.05, 0) is 49.9 Å². The highest BCUT2D eigenvalue weighted by atomic mass is 35.5. The third kappa shape index (κ3) is 5.81. The summed E-state index contributed by atoms with van der Waals surface area (Å²) in [5.74, 6) is 1.61. The molecule has 2 aromatic heterocycles. The van der Waals surface area contributed by atoms with Crippen LogP contribution in [0.15, 0.2) is 23.2 Å². The lowest BCUT2D eigenvalue weighted by molar-refractivity contribution is -0.115. The number of halogens is 1. The topological polar surface area (TPSA) is 89.8 Å². The molecule has 7 nitrogen and oxygen atoms in total. The number of benzene rings is 1. The number of amides is 2. The molecule has 0 radical (unpaired) electrons. The predicted octanol–water partition coefficient (Wildman–Crippen LogP) is 4.52. The number of thioether (sulfide) groups is 1. The largest absolute Gasteiger partial charge is 0.462 e. The Bertz CT molecular complexity index is 1410. The van der Waals surface area contributed by atoms with Gasteiger partial charge in [-0.3, -0.25) is 9.59 Å². The number of terminal acetylenes is 1. The van der Waals surface area contributed by atoms with Crippen molar-refractivity contribution >= 4 is 79.0 Å². The molecule has 1 N–H and O–H groups in total. The number of thiazole rings is 1.